The van der Waals surface area contributed by atoms with Gasteiger partial charge in [0, 0.05) is 11.6 Å². The van der Waals surface area contributed by atoms with Gasteiger partial charge in [0.2, 0.25) is 0 Å². The quantitative estimate of drug-likeness (QED) is 0.757. The maximum Gasteiger partial charge on any atom is 0.261 e. The van der Waals surface area contributed by atoms with Crippen molar-refractivity contribution in [2.75, 3.05) is 0 Å². The van der Waals surface area contributed by atoms with Crippen molar-refractivity contribution >= 4 is 28.0 Å². The van der Waals surface area contributed by atoms with Gasteiger partial charge in [-0.15, -0.1) is 11.3 Å². The molecule has 1 fully saturated rings. The van der Waals surface area contributed by atoms with E-state index in [1.54, 1.807) is 0 Å². The Morgan fingerprint density at radius 1 is 1.13 bits per heavy atom. The van der Waals surface area contributed by atoms with Crippen molar-refractivity contribution in [2.45, 2.75) is 25.5 Å². The Morgan fingerprint density at radius 2 is 1.96 bits per heavy atom. The third kappa shape index (κ3) is 3.37. The minimum absolute atomic E-state index is 0.0365. The van der Waals surface area contributed by atoms with Crippen molar-refractivity contribution < 1.29 is 9.53 Å². The maximum absolute atomic E-state index is 12.0. The molecule has 1 aliphatic carbocycles. The minimum Gasteiger partial charge on any atom is -0.489 e. The molecular weight excluding hydrogens is 306 g/mol. The van der Waals surface area contributed by atoms with Crippen LogP contribution in [-0.4, -0.2) is 11.9 Å². The van der Waals surface area contributed by atoms with Crippen molar-refractivity contribution in [1.29, 1.82) is 0 Å². The number of hydrogen-bond donors (Lipinski definition) is 1. The molecular formula is C19H17NO2S. The normalized spacial score (nSPS) is 13.9. The summed E-state index contributed by atoms with van der Waals surface area (Å²) in [5.74, 6) is 0.883. The van der Waals surface area contributed by atoms with Crippen LogP contribution in [0.25, 0.3) is 10.8 Å². The van der Waals surface area contributed by atoms with Crippen LogP contribution < -0.4 is 10.1 Å². The lowest BCUT2D eigenvalue weighted by Crippen LogP contribution is -2.24. The van der Waals surface area contributed by atoms with E-state index < -0.39 is 0 Å². The molecule has 0 saturated heterocycles. The smallest absolute Gasteiger partial charge is 0.261 e. The zero-order valence-electron chi connectivity index (χ0n) is 12.6. The summed E-state index contributed by atoms with van der Waals surface area (Å²) in [6.07, 6.45) is 2.21. The van der Waals surface area contributed by atoms with Crippen LogP contribution in [0.15, 0.2) is 53.9 Å². The Bertz CT molecular complexity index is 851. The largest absolute Gasteiger partial charge is 0.489 e. The van der Waals surface area contributed by atoms with Gasteiger partial charge in [0.25, 0.3) is 5.91 Å². The predicted molar refractivity (Wildman–Crippen MR) is 93.1 cm³/mol. The minimum atomic E-state index is 0.0365. The summed E-state index contributed by atoms with van der Waals surface area (Å²) in [6.45, 7) is 0.478. The molecule has 116 valence electrons. The number of amides is 1. The van der Waals surface area contributed by atoms with Crippen molar-refractivity contribution in [2.24, 2.45) is 0 Å². The first-order valence-electron chi connectivity index (χ1n) is 7.78. The van der Waals surface area contributed by atoms with Crippen LogP contribution in [0.4, 0.5) is 0 Å². The molecule has 1 aliphatic rings. The number of ether oxygens (including phenoxy) is 1. The van der Waals surface area contributed by atoms with Gasteiger partial charge in [-0.2, -0.15) is 0 Å². The van der Waals surface area contributed by atoms with Gasteiger partial charge in [-0.25, -0.2) is 0 Å². The fourth-order valence-electron chi connectivity index (χ4n) is 2.48. The number of rotatable bonds is 5. The Hall–Kier alpha value is -2.33. The summed E-state index contributed by atoms with van der Waals surface area (Å²) >= 11 is 1.47. The van der Waals surface area contributed by atoms with Crippen LogP contribution >= 0.6 is 11.3 Å². The zero-order valence-corrected chi connectivity index (χ0v) is 13.4. The highest BCUT2D eigenvalue weighted by atomic mass is 32.1. The summed E-state index contributed by atoms with van der Waals surface area (Å²) < 4.78 is 5.86. The average Bonchev–Trinajstić information content (AvgIpc) is 3.26. The molecule has 1 amide bonds. The first kappa shape index (κ1) is 14.3. The summed E-state index contributed by atoms with van der Waals surface area (Å²) in [5.41, 5.74) is 1.03. The lowest BCUT2D eigenvalue weighted by atomic mass is 10.1. The van der Waals surface area contributed by atoms with Crippen LogP contribution in [0.5, 0.6) is 5.75 Å². The van der Waals surface area contributed by atoms with Gasteiger partial charge in [0.05, 0.1) is 4.88 Å². The molecule has 0 aliphatic heterocycles. The molecule has 2 aromatic carbocycles. The maximum atomic E-state index is 12.0. The Morgan fingerprint density at radius 3 is 2.78 bits per heavy atom. The second-order valence-electron chi connectivity index (χ2n) is 5.86. The van der Waals surface area contributed by atoms with Crippen molar-refractivity contribution in [3.05, 3.63) is 64.4 Å². The van der Waals surface area contributed by atoms with E-state index in [4.69, 9.17) is 4.74 Å². The van der Waals surface area contributed by atoms with E-state index in [0.717, 1.165) is 29.0 Å². The molecule has 4 heteroatoms. The fraction of sp³-hybridized carbons (Fsp3) is 0.211. The Labute approximate surface area is 138 Å². The second-order valence-corrected chi connectivity index (χ2v) is 6.78. The number of hydrogen-bond acceptors (Lipinski definition) is 3. The second kappa shape index (κ2) is 6.05. The van der Waals surface area contributed by atoms with Gasteiger partial charge >= 0.3 is 0 Å². The molecule has 0 radical (unpaired) electrons. The standard InChI is InChI=1S/C19H17NO2S/c21-19(20-16-6-7-16)18-9-13(12-23-18)11-22-17-8-5-14-3-1-2-4-15(14)10-17/h1-5,8-10,12,16H,6-7,11H2,(H,20,21). The highest BCUT2D eigenvalue weighted by molar-refractivity contribution is 7.12. The SMILES string of the molecule is O=C(NC1CC1)c1cc(COc2ccc3ccccc3c2)cs1. The van der Waals surface area contributed by atoms with Crippen LogP contribution in [0.2, 0.25) is 0 Å². The molecule has 0 bridgehead atoms. The molecule has 3 aromatic rings. The van der Waals surface area contributed by atoms with Crippen molar-refractivity contribution in [3.63, 3.8) is 0 Å². The van der Waals surface area contributed by atoms with Gasteiger partial charge in [-0.1, -0.05) is 30.3 Å². The van der Waals surface area contributed by atoms with Crippen LogP contribution in [-0.2, 0) is 6.61 Å². The van der Waals surface area contributed by atoms with E-state index in [1.165, 1.54) is 22.1 Å². The summed E-state index contributed by atoms with van der Waals surface area (Å²) in [7, 11) is 0. The van der Waals surface area contributed by atoms with E-state index in [0.29, 0.717) is 12.6 Å². The molecule has 4 rings (SSSR count). The van der Waals surface area contributed by atoms with E-state index >= 15 is 0 Å². The summed E-state index contributed by atoms with van der Waals surface area (Å²) in [4.78, 5) is 12.7. The third-order valence-electron chi connectivity index (χ3n) is 3.92. The molecule has 1 heterocycles. The topological polar surface area (TPSA) is 38.3 Å². The Balaban J connectivity index is 1.41. The number of fused-ring (bicyclic) bond motifs is 1. The highest BCUT2D eigenvalue weighted by Crippen LogP contribution is 2.24. The molecule has 1 saturated carbocycles. The molecule has 23 heavy (non-hydrogen) atoms. The van der Waals surface area contributed by atoms with Gasteiger partial charge in [0.1, 0.15) is 12.4 Å². The van der Waals surface area contributed by atoms with Crippen molar-refractivity contribution in [1.82, 2.24) is 5.32 Å². The van der Waals surface area contributed by atoms with Gasteiger partial charge in [-0.05, 0) is 47.2 Å². The molecule has 0 unspecified atom stereocenters. The van der Waals surface area contributed by atoms with Gasteiger partial charge in [0.15, 0.2) is 0 Å². The predicted octanol–water partition coefficient (Wildman–Crippen LogP) is 4.37. The zero-order chi connectivity index (χ0) is 15.6. The van der Waals surface area contributed by atoms with Crippen LogP contribution in [0.3, 0.4) is 0 Å². The number of carbonyl (C=O) groups is 1. The molecule has 0 atom stereocenters. The van der Waals surface area contributed by atoms with Crippen LogP contribution in [0.1, 0.15) is 28.1 Å². The first-order chi connectivity index (χ1) is 11.3. The number of nitrogens with one attached hydrogen (secondary N) is 1. The summed E-state index contributed by atoms with van der Waals surface area (Å²) in [6, 6.07) is 16.6. The van der Waals surface area contributed by atoms with E-state index in [9.17, 15) is 4.79 Å². The molecule has 0 spiro atoms. The Kier molecular flexibility index (Phi) is 3.75. The van der Waals surface area contributed by atoms with E-state index in [2.05, 4.69) is 23.5 Å². The molecule has 1 N–H and O–H groups in total. The van der Waals surface area contributed by atoms with E-state index in [1.807, 2.05) is 35.7 Å². The highest BCUT2D eigenvalue weighted by Gasteiger charge is 2.24. The lowest BCUT2D eigenvalue weighted by molar-refractivity contribution is 0.0955. The summed E-state index contributed by atoms with van der Waals surface area (Å²) in [5, 5.41) is 7.37. The number of benzene rings is 2. The fourth-order valence-corrected chi connectivity index (χ4v) is 3.28. The third-order valence-corrected chi connectivity index (χ3v) is 4.89. The monoisotopic (exact) mass is 323 g/mol. The number of carbonyl (C=O) groups excluding carboxylic acids is 1. The molecule has 1 aromatic heterocycles. The van der Waals surface area contributed by atoms with Gasteiger partial charge < -0.3 is 10.1 Å². The first-order valence-corrected chi connectivity index (χ1v) is 8.66. The van der Waals surface area contributed by atoms with E-state index in [-0.39, 0.29) is 5.91 Å². The average molecular weight is 323 g/mol. The van der Waals surface area contributed by atoms with Crippen molar-refractivity contribution in [3.8, 4) is 5.75 Å². The number of thiophene rings is 1. The van der Waals surface area contributed by atoms with Crippen LogP contribution in [0, 0.1) is 0 Å². The van der Waals surface area contributed by atoms with Gasteiger partial charge in [-0.3, -0.25) is 4.79 Å². The molecule has 3 nitrogen and oxygen atoms in total. The lowest BCUT2D eigenvalue weighted by Gasteiger charge is -2.06.